The number of anilines is 1. The van der Waals surface area contributed by atoms with E-state index < -0.39 is 23.2 Å². The number of aromatic amines is 1. The first-order valence-electron chi connectivity index (χ1n) is 6.13. The molecule has 0 fully saturated rings. The largest absolute Gasteiger partial charge is 0.355 e. The van der Waals surface area contributed by atoms with Crippen molar-refractivity contribution in [2.24, 2.45) is 0 Å². The molecule has 2 rings (SSSR count). The van der Waals surface area contributed by atoms with Crippen molar-refractivity contribution in [1.29, 1.82) is 0 Å². The summed E-state index contributed by atoms with van der Waals surface area (Å²) in [5.41, 5.74) is -0.980. The van der Waals surface area contributed by atoms with Crippen LogP contribution in [0.4, 0.5) is 10.1 Å². The van der Waals surface area contributed by atoms with E-state index in [-0.39, 0.29) is 21.8 Å². The van der Waals surface area contributed by atoms with E-state index in [1.165, 1.54) is 25.4 Å². The zero-order chi connectivity index (χ0) is 16.3. The van der Waals surface area contributed by atoms with Crippen LogP contribution in [0.3, 0.4) is 0 Å². The summed E-state index contributed by atoms with van der Waals surface area (Å²) in [4.78, 5) is 37.4. The Balaban J connectivity index is 2.34. The Morgan fingerprint density at radius 3 is 2.64 bits per heavy atom. The summed E-state index contributed by atoms with van der Waals surface area (Å²) in [6.07, 6.45) is 1.23. The standard InChI is InChI=1S/C14H11ClFN3O3/c1-17-12(20)7-2-3-10(16)11(4-7)19-14(22)9-5-8(15)6-18-13(9)21/h2-6H,1H3,(H,17,20)(H,18,21)(H,19,22). The summed E-state index contributed by atoms with van der Waals surface area (Å²) in [6, 6.07) is 4.65. The van der Waals surface area contributed by atoms with E-state index in [1.807, 2.05) is 0 Å². The number of hydrogen-bond donors (Lipinski definition) is 3. The highest BCUT2D eigenvalue weighted by molar-refractivity contribution is 6.30. The average molecular weight is 324 g/mol. The van der Waals surface area contributed by atoms with Crippen molar-refractivity contribution in [2.45, 2.75) is 0 Å². The molecule has 114 valence electrons. The van der Waals surface area contributed by atoms with Crippen molar-refractivity contribution in [3.05, 3.63) is 62.8 Å². The maximum Gasteiger partial charge on any atom is 0.261 e. The van der Waals surface area contributed by atoms with Gasteiger partial charge in [-0.05, 0) is 24.3 Å². The second-order valence-corrected chi connectivity index (χ2v) is 4.73. The third-order valence-electron chi connectivity index (χ3n) is 2.82. The Morgan fingerprint density at radius 2 is 1.95 bits per heavy atom. The number of pyridine rings is 1. The number of carbonyl (C=O) groups is 2. The van der Waals surface area contributed by atoms with E-state index in [9.17, 15) is 18.8 Å². The lowest BCUT2D eigenvalue weighted by atomic mass is 10.1. The molecule has 1 heterocycles. The quantitative estimate of drug-likeness (QED) is 0.804. The SMILES string of the molecule is CNC(=O)c1ccc(F)c(NC(=O)c2cc(Cl)c[nH]c2=O)c1. The van der Waals surface area contributed by atoms with Gasteiger partial charge in [0.15, 0.2) is 0 Å². The monoisotopic (exact) mass is 323 g/mol. The molecule has 0 aliphatic rings. The maximum absolute atomic E-state index is 13.7. The number of hydrogen-bond acceptors (Lipinski definition) is 3. The number of nitrogens with one attached hydrogen (secondary N) is 3. The van der Waals surface area contributed by atoms with Crippen LogP contribution in [0.5, 0.6) is 0 Å². The molecule has 22 heavy (non-hydrogen) atoms. The van der Waals surface area contributed by atoms with Crippen molar-refractivity contribution in [3.63, 3.8) is 0 Å². The highest BCUT2D eigenvalue weighted by Gasteiger charge is 2.15. The van der Waals surface area contributed by atoms with Crippen molar-refractivity contribution in [3.8, 4) is 0 Å². The number of benzene rings is 1. The van der Waals surface area contributed by atoms with Gasteiger partial charge in [0.25, 0.3) is 17.4 Å². The fraction of sp³-hybridized carbons (Fsp3) is 0.0714. The molecule has 0 bridgehead atoms. The molecular weight excluding hydrogens is 313 g/mol. The van der Waals surface area contributed by atoms with E-state index in [4.69, 9.17) is 11.6 Å². The Kier molecular flexibility index (Phi) is 4.57. The van der Waals surface area contributed by atoms with Gasteiger partial charge in [-0.2, -0.15) is 0 Å². The Bertz CT molecular complexity index is 804. The molecule has 0 saturated heterocycles. The third-order valence-corrected chi connectivity index (χ3v) is 3.03. The van der Waals surface area contributed by atoms with Gasteiger partial charge in [0, 0.05) is 18.8 Å². The van der Waals surface area contributed by atoms with Crippen LogP contribution >= 0.6 is 11.6 Å². The Morgan fingerprint density at radius 1 is 1.23 bits per heavy atom. The van der Waals surface area contributed by atoms with Gasteiger partial charge in [-0.25, -0.2) is 4.39 Å². The highest BCUT2D eigenvalue weighted by Crippen LogP contribution is 2.17. The fourth-order valence-electron chi connectivity index (χ4n) is 1.72. The molecule has 8 heteroatoms. The predicted octanol–water partition coefficient (Wildman–Crippen LogP) is 1.78. The van der Waals surface area contributed by atoms with Gasteiger partial charge in [-0.1, -0.05) is 11.6 Å². The third kappa shape index (κ3) is 3.32. The number of aromatic nitrogens is 1. The van der Waals surface area contributed by atoms with E-state index in [1.54, 1.807) is 0 Å². The molecule has 0 spiro atoms. The minimum Gasteiger partial charge on any atom is -0.355 e. The van der Waals surface area contributed by atoms with Gasteiger partial charge in [0.2, 0.25) is 0 Å². The minimum atomic E-state index is -0.836. The molecule has 1 aromatic carbocycles. The zero-order valence-corrected chi connectivity index (χ0v) is 12.1. The minimum absolute atomic E-state index is 0.157. The van der Waals surface area contributed by atoms with Gasteiger partial charge in [0.05, 0.1) is 10.7 Å². The van der Waals surface area contributed by atoms with Crippen LogP contribution < -0.4 is 16.2 Å². The van der Waals surface area contributed by atoms with Crippen LogP contribution in [0.15, 0.2) is 35.3 Å². The van der Waals surface area contributed by atoms with Crippen LogP contribution in [-0.4, -0.2) is 23.8 Å². The highest BCUT2D eigenvalue weighted by atomic mass is 35.5. The van der Waals surface area contributed by atoms with Crippen molar-refractivity contribution in [2.75, 3.05) is 12.4 Å². The first-order chi connectivity index (χ1) is 10.4. The van der Waals surface area contributed by atoms with Crippen molar-refractivity contribution >= 4 is 29.1 Å². The van der Waals surface area contributed by atoms with E-state index in [0.717, 1.165) is 12.1 Å². The number of amides is 2. The van der Waals surface area contributed by atoms with E-state index in [2.05, 4.69) is 15.6 Å². The summed E-state index contributed by atoms with van der Waals surface area (Å²) in [7, 11) is 1.43. The summed E-state index contributed by atoms with van der Waals surface area (Å²) in [6.45, 7) is 0. The molecule has 0 radical (unpaired) electrons. The second kappa shape index (κ2) is 6.40. The first kappa shape index (κ1) is 15.7. The lowest BCUT2D eigenvalue weighted by Gasteiger charge is -2.08. The number of halogens is 2. The number of rotatable bonds is 3. The van der Waals surface area contributed by atoms with Crippen LogP contribution in [-0.2, 0) is 0 Å². The summed E-state index contributed by atoms with van der Waals surface area (Å²) in [5.74, 6) is -2.01. The average Bonchev–Trinajstić information content (AvgIpc) is 2.50. The lowest BCUT2D eigenvalue weighted by molar-refractivity contribution is 0.0961. The van der Waals surface area contributed by atoms with Crippen molar-refractivity contribution in [1.82, 2.24) is 10.3 Å². The number of carbonyl (C=O) groups excluding carboxylic acids is 2. The van der Waals surface area contributed by atoms with Crippen LogP contribution in [0.25, 0.3) is 0 Å². The molecule has 0 unspecified atom stereocenters. The topological polar surface area (TPSA) is 91.1 Å². The second-order valence-electron chi connectivity index (χ2n) is 4.29. The molecule has 0 aliphatic heterocycles. The normalized spacial score (nSPS) is 10.1. The maximum atomic E-state index is 13.7. The van der Waals surface area contributed by atoms with Crippen LogP contribution in [0.1, 0.15) is 20.7 Å². The summed E-state index contributed by atoms with van der Waals surface area (Å²) in [5, 5.41) is 4.78. The lowest BCUT2D eigenvalue weighted by Crippen LogP contribution is -2.23. The molecule has 0 aliphatic carbocycles. The van der Waals surface area contributed by atoms with Crippen LogP contribution in [0, 0.1) is 5.82 Å². The smallest absolute Gasteiger partial charge is 0.261 e. The molecule has 6 nitrogen and oxygen atoms in total. The van der Waals surface area contributed by atoms with Gasteiger partial charge in [-0.15, -0.1) is 0 Å². The van der Waals surface area contributed by atoms with E-state index in [0.29, 0.717) is 0 Å². The molecule has 2 aromatic rings. The molecule has 3 N–H and O–H groups in total. The van der Waals surface area contributed by atoms with Gasteiger partial charge < -0.3 is 15.6 Å². The van der Waals surface area contributed by atoms with Gasteiger partial charge in [0.1, 0.15) is 11.4 Å². The Hall–Kier alpha value is -2.67. The molecular formula is C14H11ClFN3O3. The van der Waals surface area contributed by atoms with Crippen LogP contribution in [0.2, 0.25) is 5.02 Å². The predicted molar refractivity (Wildman–Crippen MR) is 79.8 cm³/mol. The zero-order valence-electron chi connectivity index (χ0n) is 11.4. The molecule has 0 atom stereocenters. The fourth-order valence-corrected chi connectivity index (χ4v) is 1.89. The summed E-state index contributed by atoms with van der Waals surface area (Å²) < 4.78 is 13.7. The Labute approximate surface area is 129 Å². The molecule has 2 amide bonds. The molecule has 0 saturated carbocycles. The van der Waals surface area contributed by atoms with E-state index >= 15 is 0 Å². The summed E-state index contributed by atoms with van der Waals surface area (Å²) >= 11 is 5.70. The number of H-pyrrole nitrogens is 1. The molecule has 1 aromatic heterocycles. The van der Waals surface area contributed by atoms with Gasteiger partial charge >= 0.3 is 0 Å². The first-order valence-corrected chi connectivity index (χ1v) is 6.51. The van der Waals surface area contributed by atoms with Gasteiger partial charge in [-0.3, -0.25) is 14.4 Å². The van der Waals surface area contributed by atoms with Crippen molar-refractivity contribution < 1.29 is 14.0 Å².